The lowest BCUT2D eigenvalue weighted by Gasteiger charge is -2.30. The van der Waals surface area contributed by atoms with Gasteiger partial charge in [0, 0.05) is 19.1 Å². The Morgan fingerprint density at radius 3 is 2.71 bits per heavy atom. The molecule has 0 aromatic heterocycles. The summed E-state index contributed by atoms with van der Waals surface area (Å²) in [7, 11) is 4.09. The first-order valence-corrected chi connectivity index (χ1v) is 5.78. The van der Waals surface area contributed by atoms with Crippen LogP contribution in [0, 0.1) is 0 Å². The molecule has 1 rings (SSSR count). The Hall–Kier alpha value is -0.120. The minimum atomic E-state index is -0.112. The largest absolute Gasteiger partial charge is 0.391 e. The van der Waals surface area contributed by atoms with Gasteiger partial charge in [0.2, 0.25) is 0 Å². The molecule has 0 amide bonds. The molecule has 84 valence electrons. The zero-order chi connectivity index (χ0) is 10.4. The maximum Gasteiger partial charge on any atom is 0.0695 e. The van der Waals surface area contributed by atoms with Gasteiger partial charge in [0.25, 0.3) is 0 Å². The SMILES string of the molecule is CNCCN(C)C1CCCCCC1O. The summed E-state index contributed by atoms with van der Waals surface area (Å²) in [6.07, 6.45) is 5.77. The molecule has 0 saturated heterocycles. The summed E-state index contributed by atoms with van der Waals surface area (Å²) < 4.78 is 0. The molecular weight excluding hydrogens is 176 g/mol. The van der Waals surface area contributed by atoms with Crippen LogP contribution in [0.3, 0.4) is 0 Å². The molecule has 0 heterocycles. The molecule has 0 radical (unpaired) electrons. The summed E-state index contributed by atoms with van der Waals surface area (Å²) in [5, 5.41) is 13.1. The first kappa shape index (κ1) is 12.0. The van der Waals surface area contributed by atoms with Crippen LogP contribution in [0.4, 0.5) is 0 Å². The fourth-order valence-electron chi connectivity index (χ4n) is 2.24. The lowest BCUT2D eigenvalue weighted by Crippen LogP contribution is -2.43. The van der Waals surface area contributed by atoms with E-state index in [2.05, 4.69) is 17.3 Å². The van der Waals surface area contributed by atoms with Gasteiger partial charge in [-0.25, -0.2) is 0 Å². The van der Waals surface area contributed by atoms with Crippen LogP contribution in [0.5, 0.6) is 0 Å². The Morgan fingerprint density at radius 1 is 1.29 bits per heavy atom. The molecule has 1 aliphatic rings. The number of likely N-dealkylation sites (N-methyl/N-ethyl adjacent to an activating group) is 2. The van der Waals surface area contributed by atoms with Crippen LogP contribution in [0.25, 0.3) is 0 Å². The van der Waals surface area contributed by atoms with Crippen molar-refractivity contribution < 1.29 is 5.11 Å². The highest BCUT2D eigenvalue weighted by molar-refractivity contribution is 4.80. The molecule has 0 aromatic rings. The van der Waals surface area contributed by atoms with E-state index in [4.69, 9.17) is 0 Å². The normalized spacial score (nSPS) is 29.1. The van der Waals surface area contributed by atoms with Crippen LogP contribution in [0.2, 0.25) is 0 Å². The standard InChI is InChI=1S/C11H24N2O/c1-12-8-9-13(2)10-6-4-3-5-7-11(10)14/h10-12,14H,3-9H2,1-2H3. The number of rotatable bonds is 4. The van der Waals surface area contributed by atoms with Crippen molar-refractivity contribution in [1.82, 2.24) is 10.2 Å². The summed E-state index contributed by atoms with van der Waals surface area (Å²) in [6, 6.07) is 0.380. The predicted molar refractivity (Wildman–Crippen MR) is 59.4 cm³/mol. The van der Waals surface area contributed by atoms with E-state index in [9.17, 15) is 5.11 Å². The second-order valence-electron chi connectivity index (χ2n) is 4.36. The van der Waals surface area contributed by atoms with Crippen LogP contribution in [0.1, 0.15) is 32.1 Å². The molecule has 14 heavy (non-hydrogen) atoms. The van der Waals surface area contributed by atoms with E-state index in [1.165, 1.54) is 19.3 Å². The van der Waals surface area contributed by atoms with Crippen molar-refractivity contribution in [1.29, 1.82) is 0 Å². The van der Waals surface area contributed by atoms with Gasteiger partial charge >= 0.3 is 0 Å². The molecule has 0 spiro atoms. The summed E-state index contributed by atoms with van der Waals surface area (Å²) in [6.45, 7) is 2.03. The van der Waals surface area contributed by atoms with Crippen molar-refractivity contribution >= 4 is 0 Å². The third-order valence-electron chi connectivity index (χ3n) is 3.22. The second-order valence-corrected chi connectivity index (χ2v) is 4.36. The second kappa shape index (κ2) is 6.38. The molecule has 1 fully saturated rings. The van der Waals surface area contributed by atoms with Crippen molar-refractivity contribution in [2.24, 2.45) is 0 Å². The van der Waals surface area contributed by atoms with E-state index in [1.807, 2.05) is 7.05 Å². The average Bonchev–Trinajstić information content (AvgIpc) is 2.39. The number of hydrogen-bond donors (Lipinski definition) is 2. The zero-order valence-corrected chi connectivity index (χ0v) is 9.50. The summed E-state index contributed by atoms with van der Waals surface area (Å²) in [5.74, 6) is 0. The number of nitrogens with one attached hydrogen (secondary N) is 1. The van der Waals surface area contributed by atoms with Crippen molar-refractivity contribution in [3.8, 4) is 0 Å². The maximum atomic E-state index is 9.96. The van der Waals surface area contributed by atoms with Gasteiger partial charge in [0.1, 0.15) is 0 Å². The zero-order valence-electron chi connectivity index (χ0n) is 9.50. The monoisotopic (exact) mass is 200 g/mol. The highest BCUT2D eigenvalue weighted by Crippen LogP contribution is 2.21. The fraction of sp³-hybridized carbons (Fsp3) is 1.00. The van der Waals surface area contributed by atoms with Gasteiger partial charge in [-0.05, 0) is 26.9 Å². The summed E-state index contributed by atoms with van der Waals surface area (Å²) in [5.41, 5.74) is 0. The highest BCUT2D eigenvalue weighted by Gasteiger charge is 2.24. The van der Waals surface area contributed by atoms with Crippen molar-refractivity contribution in [2.75, 3.05) is 27.2 Å². The van der Waals surface area contributed by atoms with Gasteiger partial charge in [0.15, 0.2) is 0 Å². The highest BCUT2D eigenvalue weighted by atomic mass is 16.3. The molecule has 2 N–H and O–H groups in total. The van der Waals surface area contributed by atoms with E-state index < -0.39 is 0 Å². The summed E-state index contributed by atoms with van der Waals surface area (Å²) >= 11 is 0. The first-order chi connectivity index (χ1) is 6.75. The Kier molecular flexibility index (Phi) is 5.45. The van der Waals surface area contributed by atoms with Crippen LogP contribution < -0.4 is 5.32 Å². The third-order valence-corrected chi connectivity index (χ3v) is 3.22. The quantitative estimate of drug-likeness (QED) is 0.660. The summed E-state index contributed by atoms with van der Waals surface area (Å²) in [4.78, 5) is 2.30. The molecule has 1 aliphatic carbocycles. The lowest BCUT2D eigenvalue weighted by atomic mass is 10.0. The molecule has 0 aliphatic heterocycles. The van der Waals surface area contributed by atoms with Gasteiger partial charge in [-0.15, -0.1) is 0 Å². The number of aliphatic hydroxyl groups excluding tert-OH is 1. The number of nitrogens with zero attached hydrogens (tertiary/aromatic N) is 1. The first-order valence-electron chi connectivity index (χ1n) is 5.78. The van der Waals surface area contributed by atoms with Gasteiger partial charge < -0.3 is 10.4 Å². The smallest absolute Gasteiger partial charge is 0.0695 e. The molecule has 0 aromatic carbocycles. The van der Waals surface area contributed by atoms with E-state index in [1.54, 1.807) is 0 Å². The van der Waals surface area contributed by atoms with Crippen LogP contribution in [-0.4, -0.2) is 49.3 Å². The number of aliphatic hydroxyl groups is 1. The fourth-order valence-corrected chi connectivity index (χ4v) is 2.24. The maximum absolute atomic E-state index is 9.96. The molecular formula is C11H24N2O. The molecule has 2 atom stereocenters. The van der Waals surface area contributed by atoms with Crippen LogP contribution in [-0.2, 0) is 0 Å². The van der Waals surface area contributed by atoms with Crippen molar-refractivity contribution in [2.45, 2.75) is 44.2 Å². The van der Waals surface area contributed by atoms with Crippen molar-refractivity contribution in [3.63, 3.8) is 0 Å². The number of hydrogen-bond acceptors (Lipinski definition) is 3. The Labute approximate surface area is 87.5 Å². The van der Waals surface area contributed by atoms with Gasteiger partial charge in [-0.1, -0.05) is 19.3 Å². The van der Waals surface area contributed by atoms with Crippen LogP contribution in [0.15, 0.2) is 0 Å². The van der Waals surface area contributed by atoms with Gasteiger partial charge in [-0.3, -0.25) is 4.90 Å². The van der Waals surface area contributed by atoms with E-state index in [0.29, 0.717) is 6.04 Å². The topological polar surface area (TPSA) is 35.5 Å². The molecule has 3 heteroatoms. The van der Waals surface area contributed by atoms with Crippen LogP contribution >= 0.6 is 0 Å². The molecule has 1 saturated carbocycles. The molecule has 2 unspecified atom stereocenters. The lowest BCUT2D eigenvalue weighted by molar-refractivity contribution is 0.0588. The van der Waals surface area contributed by atoms with E-state index in [0.717, 1.165) is 25.9 Å². The molecule has 3 nitrogen and oxygen atoms in total. The Bertz CT molecular complexity index is 152. The van der Waals surface area contributed by atoms with Crippen molar-refractivity contribution in [3.05, 3.63) is 0 Å². The van der Waals surface area contributed by atoms with E-state index in [-0.39, 0.29) is 6.10 Å². The Balaban J connectivity index is 2.37. The van der Waals surface area contributed by atoms with E-state index >= 15 is 0 Å². The predicted octanol–water partition coefficient (Wildman–Crippen LogP) is 0.831. The van der Waals surface area contributed by atoms with Gasteiger partial charge in [-0.2, -0.15) is 0 Å². The third kappa shape index (κ3) is 3.56. The Morgan fingerprint density at radius 2 is 2.00 bits per heavy atom. The minimum Gasteiger partial charge on any atom is -0.391 e. The molecule has 0 bridgehead atoms. The van der Waals surface area contributed by atoms with Gasteiger partial charge in [0.05, 0.1) is 6.10 Å². The average molecular weight is 200 g/mol. The minimum absolute atomic E-state index is 0.112.